The summed E-state index contributed by atoms with van der Waals surface area (Å²) in [5.41, 5.74) is 0. The lowest BCUT2D eigenvalue weighted by molar-refractivity contribution is -0.152. The van der Waals surface area contributed by atoms with Crippen molar-refractivity contribution in [3.63, 3.8) is 0 Å². The minimum atomic E-state index is -1.71. The highest BCUT2D eigenvalue weighted by atomic mass is 35.5. The fraction of sp³-hybridized carbons (Fsp3) is 0.571. The Morgan fingerprint density at radius 1 is 1.04 bits per heavy atom. The molecule has 0 aromatic rings. The predicted octanol–water partition coefficient (Wildman–Crippen LogP) is 4.41. The maximum atomic E-state index is 11.9. The second-order valence-electron chi connectivity index (χ2n) is 5.91. The van der Waals surface area contributed by atoms with Crippen LogP contribution in [0, 0.1) is 11.8 Å². The summed E-state index contributed by atoms with van der Waals surface area (Å²) >= 11 is 38.7. The van der Waals surface area contributed by atoms with Crippen molar-refractivity contribution in [3.05, 3.63) is 22.2 Å². The number of rotatable bonds is 4. The number of aliphatic carboxylic acids is 1. The number of fused-ring (bicyclic) bond motifs is 5. The van der Waals surface area contributed by atoms with E-state index in [2.05, 4.69) is 0 Å². The van der Waals surface area contributed by atoms with E-state index in [4.69, 9.17) is 79.4 Å². The van der Waals surface area contributed by atoms with Crippen LogP contribution in [0.15, 0.2) is 22.2 Å². The van der Waals surface area contributed by atoms with Gasteiger partial charge in [-0.15, -0.1) is 23.2 Å². The first kappa shape index (κ1) is 18.9. The van der Waals surface area contributed by atoms with Gasteiger partial charge in [-0.25, -0.2) is 0 Å². The number of carboxylic acids is 1. The predicted molar refractivity (Wildman–Crippen MR) is 93.2 cm³/mol. The van der Waals surface area contributed by atoms with E-state index in [1.54, 1.807) is 12.2 Å². The molecule has 1 unspecified atom stereocenters. The minimum Gasteiger partial charge on any atom is -0.481 e. The van der Waals surface area contributed by atoms with Crippen LogP contribution in [0.5, 0.6) is 0 Å². The van der Waals surface area contributed by atoms with E-state index in [1.807, 2.05) is 0 Å². The van der Waals surface area contributed by atoms with Crippen LogP contribution < -0.4 is 0 Å². The SMILES string of the molecule is O=C(O)CCC(=O)OC1C=C[C@@H]2[C@H]1[C@@]1(Cl)C(Cl)=C(Cl)[C@@]2(Cl)C1(Cl)Cl. The molecule has 0 spiro atoms. The van der Waals surface area contributed by atoms with E-state index < -0.39 is 44.0 Å². The van der Waals surface area contributed by atoms with Gasteiger partial charge in [-0.1, -0.05) is 52.5 Å². The van der Waals surface area contributed by atoms with E-state index in [-0.39, 0.29) is 22.9 Å². The van der Waals surface area contributed by atoms with Gasteiger partial charge in [0.15, 0.2) is 4.33 Å². The number of allylic oxidation sites excluding steroid dienone is 3. The summed E-state index contributed by atoms with van der Waals surface area (Å²) in [5, 5.41) is 8.74. The van der Waals surface area contributed by atoms with E-state index in [0.717, 1.165) is 0 Å². The summed E-state index contributed by atoms with van der Waals surface area (Å²) in [5.74, 6) is -2.88. The maximum absolute atomic E-state index is 11.9. The molecule has 0 heterocycles. The molecule has 0 aromatic carbocycles. The van der Waals surface area contributed by atoms with Gasteiger partial charge in [0.25, 0.3) is 0 Å². The van der Waals surface area contributed by atoms with E-state index in [1.165, 1.54) is 0 Å². The van der Waals surface area contributed by atoms with Gasteiger partial charge in [-0.2, -0.15) is 0 Å². The number of ether oxygens (including phenoxy) is 1. The third kappa shape index (κ3) is 2.14. The van der Waals surface area contributed by atoms with Crippen molar-refractivity contribution in [2.75, 3.05) is 0 Å². The number of alkyl halides is 4. The summed E-state index contributed by atoms with van der Waals surface area (Å²) in [6.07, 6.45) is 1.92. The van der Waals surface area contributed by atoms with Crippen LogP contribution in [0.4, 0.5) is 0 Å². The standard InChI is InChI=1S/C14H10Cl6O4/c15-10-11(16)13(18)9-5(12(10,17)14(13,19)20)1-2-6(9)24-8(23)4-3-7(21)22/h1-2,5-6,9H,3-4H2,(H,21,22)/t5-,6?,9-,12-,13-/m1/s1. The molecule has 2 bridgehead atoms. The lowest BCUT2D eigenvalue weighted by atomic mass is 9.83. The first-order chi connectivity index (χ1) is 11.0. The van der Waals surface area contributed by atoms with Gasteiger partial charge in [-0.3, -0.25) is 9.59 Å². The number of hydrogen-bond donors (Lipinski definition) is 1. The Hall–Kier alpha value is 0.160. The van der Waals surface area contributed by atoms with Gasteiger partial charge in [0.1, 0.15) is 15.9 Å². The summed E-state index contributed by atoms with van der Waals surface area (Å²) in [6, 6.07) is 0. The Labute approximate surface area is 167 Å². The summed E-state index contributed by atoms with van der Waals surface area (Å²) in [7, 11) is 0. The first-order valence-corrected chi connectivity index (χ1v) is 9.17. The molecule has 1 N–H and O–H groups in total. The van der Waals surface area contributed by atoms with Gasteiger partial charge in [0, 0.05) is 11.8 Å². The van der Waals surface area contributed by atoms with Crippen LogP contribution in [0.3, 0.4) is 0 Å². The zero-order valence-corrected chi connectivity index (χ0v) is 16.3. The van der Waals surface area contributed by atoms with E-state index >= 15 is 0 Å². The first-order valence-electron chi connectivity index (χ1n) is 6.91. The topological polar surface area (TPSA) is 63.6 Å². The molecule has 3 rings (SSSR count). The van der Waals surface area contributed by atoms with Crippen LogP contribution in [0.1, 0.15) is 12.8 Å². The van der Waals surface area contributed by atoms with E-state index in [9.17, 15) is 9.59 Å². The molecule has 0 radical (unpaired) electrons. The molecule has 0 aromatic heterocycles. The molecular formula is C14H10Cl6O4. The molecule has 10 heteroatoms. The average molecular weight is 455 g/mol. The molecule has 132 valence electrons. The van der Waals surface area contributed by atoms with Crippen molar-refractivity contribution in [3.8, 4) is 0 Å². The van der Waals surface area contributed by atoms with Crippen molar-refractivity contribution in [2.45, 2.75) is 33.0 Å². The highest BCUT2D eigenvalue weighted by molar-refractivity contribution is 6.65. The Bertz CT molecular complexity index is 689. The fourth-order valence-corrected chi connectivity index (χ4v) is 6.64. The molecule has 4 nitrogen and oxygen atoms in total. The molecule has 5 atom stereocenters. The number of esters is 1. The Morgan fingerprint density at radius 2 is 1.62 bits per heavy atom. The van der Waals surface area contributed by atoms with Crippen LogP contribution in [-0.2, 0) is 14.3 Å². The molecule has 3 aliphatic rings. The van der Waals surface area contributed by atoms with Gasteiger partial charge >= 0.3 is 11.9 Å². The summed E-state index contributed by atoms with van der Waals surface area (Å²) in [4.78, 5) is 19.5. The zero-order chi connectivity index (χ0) is 18.1. The Morgan fingerprint density at radius 3 is 2.21 bits per heavy atom. The van der Waals surface area contributed by atoms with Crippen LogP contribution >= 0.6 is 69.6 Å². The smallest absolute Gasteiger partial charge is 0.306 e. The highest BCUT2D eigenvalue weighted by Gasteiger charge is 2.83. The third-order valence-electron chi connectivity index (χ3n) is 4.72. The quantitative estimate of drug-likeness (QED) is 0.388. The number of hydrogen-bond acceptors (Lipinski definition) is 3. The molecule has 1 fully saturated rings. The van der Waals surface area contributed by atoms with Crippen LogP contribution in [0.2, 0.25) is 0 Å². The zero-order valence-electron chi connectivity index (χ0n) is 11.7. The monoisotopic (exact) mass is 452 g/mol. The highest BCUT2D eigenvalue weighted by Crippen LogP contribution is 2.78. The number of carbonyl (C=O) groups excluding carboxylic acids is 1. The molecule has 24 heavy (non-hydrogen) atoms. The molecule has 0 aliphatic heterocycles. The summed E-state index contributed by atoms with van der Waals surface area (Å²) in [6.45, 7) is 0. The fourth-order valence-electron chi connectivity index (χ4n) is 3.63. The number of carbonyl (C=O) groups is 2. The molecule has 0 amide bonds. The maximum Gasteiger partial charge on any atom is 0.306 e. The van der Waals surface area contributed by atoms with Gasteiger partial charge in [0.05, 0.1) is 22.9 Å². The minimum absolute atomic E-state index is 0.0300. The van der Waals surface area contributed by atoms with E-state index in [0.29, 0.717) is 0 Å². The Kier molecular flexibility index (Phi) is 4.60. The third-order valence-corrected chi connectivity index (χ3v) is 9.02. The van der Waals surface area contributed by atoms with Crippen molar-refractivity contribution in [2.24, 2.45) is 11.8 Å². The van der Waals surface area contributed by atoms with Gasteiger partial charge < -0.3 is 9.84 Å². The van der Waals surface area contributed by atoms with Crippen molar-refractivity contribution >= 4 is 81.5 Å². The molecule has 1 saturated carbocycles. The molecule has 0 saturated heterocycles. The Balaban J connectivity index is 1.89. The lowest BCUT2D eigenvalue weighted by Gasteiger charge is -2.35. The largest absolute Gasteiger partial charge is 0.481 e. The lowest BCUT2D eigenvalue weighted by Crippen LogP contribution is -2.47. The molecular weight excluding hydrogens is 445 g/mol. The average Bonchev–Trinajstić information content (AvgIpc) is 3.00. The number of carboxylic acid groups (broad SMARTS) is 1. The van der Waals surface area contributed by atoms with Gasteiger partial charge in [-0.05, 0) is 6.08 Å². The summed E-state index contributed by atoms with van der Waals surface area (Å²) < 4.78 is 3.64. The second-order valence-corrected chi connectivity index (χ2v) is 9.19. The van der Waals surface area contributed by atoms with Gasteiger partial charge in [0.2, 0.25) is 0 Å². The molecule has 3 aliphatic carbocycles. The van der Waals surface area contributed by atoms with Crippen LogP contribution in [0.25, 0.3) is 0 Å². The second kappa shape index (κ2) is 5.83. The van der Waals surface area contributed by atoms with Crippen molar-refractivity contribution in [1.82, 2.24) is 0 Å². The van der Waals surface area contributed by atoms with Crippen LogP contribution in [-0.4, -0.2) is 37.2 Å². The number of halogens is 6. The van der Waals surface area contributed by atoms with Crippen molar-refractivity contribution < 1.29 is 19.4 Å². The normalized spacial score (nSPS) is 41.7. The van der Waals surface area contributed by atoms with Crippen molar-refractivity contribution in [1.29, 1.82) is 0 Å².